The molecule has 24 nitrogen and oxygen atoms in total. The zero-order valence-corrected chi connectivity index (χ0v) is 89.8. The Morgan fingerprint density at radius 1 is 0.253 bits per heavy atom. The summed E-state index contributed by atoms with van der Waals surface area (Å²) in [6.45, 7) is 35.5. The molecule has 0 spiro atoms. The Labute approximate surface area is 897 Å². The van der Waals surface area contributed by atoms with Crippen molar-refractivity contribution in [1.82, 2.24) is 69.3 Å². The Morgan fingerprint density at radius 3 is 0.767 bits per heavy atom. The molecular weight excluding hydrogens is 1960 g/mol. The smallest absolute Gasteiger partial charge is 0.230 e. The SMILES string of the molecule is Cc1cc2ncnc(Oc3ccc(CC(=O)Cc4ccc(CN5CCN(C)CC5)cc4)c(Cl)c3)c2cc1C.Cc1cc2ncnc(Oc3ccc(CC(=O)Cc4ccc(CN5CCOCC5)cc4)c(Cl)c3)c2cc1C.Cc1cc2ncnc(Oc3ccc(CC(=O)Cc4ccccc4CN4CCN(C)CC4)c(Cl)c3)c2cc1C.Cc1cc2ncnc(Oc3ccc(CC(=O)Cc4ccccc4CN4CCOCC4)c(Cl)c3)c2cc1C. The Bertz CT molecular complexity index is 7520. The van der Waals surface area contributed by atoms with Gasteiger partial charge in [-0.15, -0.1) is 0 Å². The summed E-state index contributed by atoms with van der Waals surface area (Å²) in [6, 6.07) is 71.1. The number of likely N-dealkylation sites (N-methyl/N-ethyl adjacent to an activating group) is 2. The minimum atomic E-state index is 0.115. The topological polar surface area (TPSA) is 246 Å². The molecule has 0 atom stereocenters. The van der Waals surface area contributed by atoms with Crippen LogP contribution < -0.4 is 18.9 Å². The number of morpholine rings is 2. The monoisotopic (exact) mass is 2090 g/mol. The third kappa shape index (κ3) is 29.7. The third-order valence-electron chi connectivity index (χ3n) is 28.2. The van der Waals surface area contributed by atoms with E-state index in [1.54, 1.807) is 24.3 Å². The van der Waals surface area contributed by atoms with Crippen LogP contribution >= 0.6 is 46.4 Å². The highest BCUT2D eigenvalue weighted by atomic mass is 35.5. The maximum absolute atomic E-state index is 13.1. The van der Waals surface area contributed by atoms with E-state index in [1.807, 2.05) is 140 Å². The number of fused-ring (bicyclic) bond motifs is 4. The van der Waals surface area contributed by atoms with E-state index in [0.717, 1.165) is 253 Å². The molecule has 0 saturated carbocycles. The van der Waals surface area contributed by atoms with Crippen molar-refractivity contribution >= 4 is 113 Å². The van der Waals surface area contributed by atoms with Gasteiger partial charge >= 0.3 is 0 Å². The van der Waals surface area contributed by atoms with E-state index in [-0.39, 0.29) is 48.8 Å². The second-order valence-corrected chi connectivity index (χ2v) is 41.3. The number of hydrogen-bond donors (Lipinski definition) is 0. The van der Waals surface area contributed by atoms with Crippen LogP contribution in [0.3, 0.4) is 0 Å². The first-order valence-corrected chi connectivity index (χ1v) is 52.6. The summed E-state index contributed by atoms with van der Waals surface area (Å²) in [5.41, 5.74) is 24.8. The summed E-state index contributed by atoms with van der Waals surface area (Å²) in [7, 11) is 4.33. The fraction of sp³-hybridized carbons (Fsp3) is 0.311. The first-order valence-electron chi connectivity index (χ1n) is 51.1. The molecule has 0 aliphatic carbocycles. The molecule has 0 radical (unpaired) electrons. The lowest BCUT2D eigenvalue weighted by Crippen LogP contribution is -2.44. The maximum atomic E-state index is 13.1. The van der Waals surface area contributed by atoms with Crippen molar-refractivity contribution < 1.29 is 47.6 Å². The number of ketones is 4. The van der Waals surface area contributed by atoms with E-state index in [1.165, 1.54) is 58.7 Å². The molecule has 0 bridgehead atoms. The molecule has 150 heavy (non-hydrogen) atoms. The molecule has 4 saturated heterocycles. The number of rotatable bonds is 32. The van der Waals surface area contributed by atoms with E-state index < -0.39 is 0 Å². The largest absolute Gasteiger partial charge is 0.438 e. The molecule has 12 aromatic carbocycles. The normalized spacial score (nSPS) is 14.4. The van der Waals surface area contributed by atoms with Crippen LogP contribution in [0, 0.1) is 55.4 Å². The van der Waals surface area contributed by atoms with Gasteiger partial charge in [0.25, 0.3) is 0 Å². The van der Waals surface area contributed by atoms with Gasteiger partial charge in [0.15, 0.2) is 0 Å². The number of hydrogen-bond acceptors (Lipinski definition) is 24. The van der Waals surface area contributed by atoms with Gasteiger partial charge in [-0.1, -0.05) is 168 Å². The highest BCUT2D eigenvalue weighted by Crippen LogP contribution is 2.39. The lowest BCUT2D eigenvalue weighted by Gasteiger charge is -2.32. The van der Waals surface area contributed by atoms with Crippen molar-refractivity contribution in [3.8, 4) is 46.5 Å². The molecule has 4 aromatic heterocycles. The zero-order valence-electron chi connectivity index (χ0n) is 86.7. The number of aromatic nitrogens is 8. The maximum Gasteiger partial charge on any atom is 0.230 e. The van der Waals surface area contributed by atoms with Crippen LogP contribution in [0.25, 0.3) is 43.6 Å². The summed E-state index contributed by atoms with van der Waals surface area (Å²) in [5, 5.41) is 5.39. The van der Waals surface area contributed by atoms with Gasteiger partial charge in [-0.25, -0.2) is 39.9 Å². The predicted octanol–water partition coefficient (Wildman–Crippen LogP) is 23.3. The average Bonchev–Trinajstić information content (AvgIpc) is 0.803. The summed E-state index contributed by atoms with van der Waals surface area (Å²) in [5.74, 6) is 4.69. The summed E-state index contributed by atoms with van der Waals surface area (Å²) < 4.78 is 35.2. The fourth-order valence-corrected chi connectivity index (χ4v) is 19.6. The minimum Gasteiger partial charge on any atom is -0.438 e. The molecule has 4 fully saturated rings. The van der Waals surface area contributed by atoms with Crippen molar-refractivity contribution in [2.75, 3.05) is 119 Å². The molecule has 8 heterocycles. The van der Waals surface area contributed by atoms with E-state index in [4.69, 9.17) is 74.8 Å². The highest BCUT2D eigenvalue weighted by Gasteiger charge is 2.25. The summed E-state index contributed by atoms with van der Waals surface area (Å²) in [6.07, 6.45) is 8.60. The quantitative estimate of drug-likeness (QED) is 0.0380. The molecule has 772 valence electrons. The van der Waals surface area contributed by atoms with Gasteiger partial charge in [0.2, 0.25) is 23.5 Å². The third-order valence-corrected chi connectivity index (χ3v) is 29.6. The molecule has 4 aliphatic rings. The molecule has 28 heteroatoms. The number of nitrogens with zero attached hydrogens (tertiary/aromatic N) is 14. The van der Waals surface area contributed by atoms with Crippen LogP contribution in [-0.4, -0.2) is 211 Å². The standard InChI is InChI=1S/2C31H33ClN4O2.2C30H30ClN3O3/c1-21-14-28-30(15-22(21)2)33-20-34-31(28)38-27-9-8-25(29(32)18-27)17-26(37)16-23-4-6-24(7-5-23)19-36-12-10-35(3)11-13-36;1-21-14-28-30(15-22(21)2)33-20-34-31(28)38-27-9-8-24(29(32)18-27)17-26(37)16-23-6-4-5-7-25(23)19-36-12-10-35(3)11-13-36;1-20-13-27-29(14-21(20)2)32-19-33-30(27)37-26-8-7-24(28(31)17-26)16-25(35)15-22-3-5-23(6-4-22)18-34-9-11-36-12-10-34;1-20-13-27-29(14-21(20)2)32-19-33-30(27)37-26-8-7-23(28(31)17-26)16-25(35)15-22-5-3-4-6-24(22)18-34-9-11-36-12-10-34/h2*4-9,14-15,18,20H,10-13,16-17,19H2,1-3H3;2*3-8,13-14,17,19H,9-12,15-16,18H2,1-2H3. The zero-order chi connectivity index (χ0) is 105. The van der Waals surface area contributed by atoms with Crippen LogP contribution in [-0.2, 0) is 106 Å². The summed E-state index contributed by atoms with van der Waals surface area (Å²) in [4.78, 5) is 101. The predicted molar refractivity (Wildman–Crippen MR) is 595 cm³/mol. The Kier molecular flexibility index (Phi) is 37.1. The van der Waals surface area contributed by atoms with Crippen molar-refractivity contribution in [3.63, 3.8) is 0 Å². The number of halogens is 4. The van der Waals surface area contributed by atoms with Crippen LogP contribution in [0.2, 0.25) is 20.1 Å². The van der Waals surface area contributed by atoms with Crippen LogP contribution in [0.4, 0.5) is 0 Å². The van der Waals surface area contributed by atoms with E-state index in [2.05, 4.69) is 192 Å². The van der Waals surface area contributed by atoms with Crippen molar-refractivity contribution in [2.45, 2.75) is 133 Å². The van der Waals surface area contributed by atoms with Gasteiger partial charge in [0.05, 0.1) is 70.0 Å². The molecule has 0 amide bonds. The number of benzene rings is 12. The molecule has 0 unspecified atom stereocenters. The molecule has 20 rings (SSSR count). The second kappa shape index (κ2) is 51.5. The average molecular weight is 2090 g/mol. The van der Waals surface area contributed by atoms with Crippen molar-refractivity contribution in [3.05, 3.63) is 375 Å². The summed E-state index contributed by atoms with van der Waals surface area (Å²) >= 11 is 26.3. The molecule has 16 aromatic rings. The Morgan fingerprint density at radius 2 is 0.487 bits per heavy atom. The number of piperazine rings is 2. The van der Waals surface area contributed by atoms with Crippen LogP contribution in [0.1, 0.15) is 111 Å². The number of carbonyl (C=O) groups is 4. The van der Waals surface area contributed by atoms with E-state index in [9.17, 15) is 19.2 Å². The van der Waals surface area contributed by atoms with Gasteiger partial charge in [0.1, 0.15) is 71.4 Å². The lowest BCUT2D eigenvalue weighted by molar-refractivity contribution is -0.118. The number of aryl methyl sites for hydroxylation is 8. The highest BCUT2D eigenvalue weighted by molar-refractivity contribution is 6.33. The lowest BCUT2D eigenvalue weighted by atomic mass is 9.98. The van der Waals surface area contributed by atoms with E-state index in [0.29, 0.717) is 92.3 Å². The van der Waals surface area contributed by atoms with Crippen molar-refractivity contribution in [1.29, 1.82) is 0 Å². The fourth-order valence-electron chi connectivity index (χ4n) is 18.7. The number of ether oxygens (including phenoxy) is 6. The Balaban J connectivity index is 0.000000136. The van der Waals surface area contributed by atoms with Gasteiger partial charge in [-0.2, -0.15) is 0 Å². The van der Waals surface area contributed by atoms with Crippen molar-refractivity contribution in [2.24, 2.45) is 0 Å². The molecule has 0 N–H and O–H groups in total. The van der Waals surface area contributed by atoms with Gasteiger partial charge in [-0.3, -0.25) is 38.8 Å². The number of Topliss-reactive ketones (excluding diaryl/α,β-unsaturated/α-hetero) is 4. The van der Waals surface area contributed by atoms with E-state index >= 15 is 0 Å². The van der Waals surface area contributed by atoms with Gasteiger partial charge < -0.3 is 38.2 Å². The van der Waals surface area contributed by atoms with Gasteiger partial charge in [0, 0.05) is 176 Å². The Hall–Kier alpha value is -13.3. The van der Waals surface area contributed by atoms with Crippen LogP contribution in [0.5, 0.6) is 46.5 Å². The van der Waals surface area contributed by atoms with Gasteiger partial charge in [-0.05, 0) is 278 Å². The first-order chi connectivity index (χ1) is 72.6. The van der Waals surface area contributed by atoms with Crippen LogP contribution in [0.15, 0.2) is 244 Å². The second-order valence-electron chi connectivity index (χ2n) is 39.6. The minimum absolute atomic E-state index is 0.115. The number of carbonyl (C=O) groups excluding carboxylic acids is 4. The molecular formula is C122H126Cl4N14O10. The first kappa shape index (κ1) is 108. The molecule has 4 aliphatic heterocycles.